The van der Waals surface area contributed by atoms with Gasteiger partial charge in [-0.1, -0.05) is 0 Å². The largest absolute Gasteiger partial charge is 0.393 e. The molecule has 7 nitrogen and oxygen atoms in total. The van der Waals surface area contributed by atoms with Crippen LogP contribution >= 0.6 is 11.3 Å². The highest BCUT2D eigenvalue weighted by molar-refractivity contribution is 7.13. The van der Waals surface area contributed by atoms with Crippen molar-refractivity contribution in [1.82, 2.24) is 9.97 Å². The number of halogens is 3. The number of urea groups is 1. The van der Waals surface area contributed by atoms with Crippen molar-refractivity contribution >= 4 is 39.8 Å². The van der Waals surface area contributed by atoms with Gasteiger partial charge in [-0.3, -0.25) is 5.32 Å². The first-order chi connectivity index (χ1) is 15.3. The van der Waals surface area contributed by atoms with Crippen LogP contribution in [0.3, 0.4) is 0 Å². The Kier molecular flexibility index (Phi) is 5.23. The number of aromatic nitrogens is 2. The number of anilines is 4. The Hall–Kier alpha value is -2.82. The molecular formula is C21H23F3N6OS. The molecule has 1 unspecified atom stereocenters. The zero-order valence-electron chi connectivity index (χ0n) is 17.5. The SMILES string of the molecule is CC1=C2CCCN1c1ccc(N3CCCC(C(F)(F)F)C3)nc1N2C(=O)Nc1nccs1. The van der Waals surface area contributed by atoms with Crippen LogP contribution < -0.4 is 20.0 Å². The zero-order chi connectivity index (χ0) is 22.5. The first-order valence-electron chi connectivity index (χ1n) is 10.6. The number of carbonyl (C=O) groups excluding carboxylic acids is 1. The third-order valence-corrected chi connectivity index (χ3v) is 6.98. The highest BCUT2D eigenvalue weighted by atomic mass is 32.1. The van der Waals surface area contributed by atoms with Crippen molar-refractivity contribution in [3.05, 3.63) is 35.1 Å². The van der Waals surface area contributed by atoms with Gasteiger partial charge in [-0.2, -0.15) is 13.2 Å². The molecule has 0 radical (unpaired) electrons. The van der Waals surface area contributed by atoms with E-state index in [1.165, 1.54) is 11.3 Å². The number of rotatable bonds is 2. The van der Waals surface area contributed by atoms with E-state index in [0.717, 1.165) is 36.5 Å². The van der Waals surface area contributed by atoms with Gasteiger partial charge in [-0.15, -0.1) is 11.3 Å². The van der Waals surface area contributed by atoms with Crippen LogP contribution in [-0.2, 0) is 0 Å². The van der Waals surface area contributed by atoms with Crippen molar-refractivity contribution < 1.29 is 18.0 Å². The molecule has 170 valence electrons. The molecule has 3 aliphatic heterocycles. The lowest BCUT2D eigenvalue weighted by molar-refractivity contribution is -0.176. The van der Waals surface area contributed by atoms with Gasteiger partial charge < -0.3 is 9.80 Å². The molecule has 0 spiro atoms. The van der Waals surface area contributed by atoms with Crippen molar-refractivity contribution in [3.8, 4) is 0 Å². The quantitative estimate of drug-likeness (QED) is 0.662. The van der Waals surface area contributed by atoms with Crippen LogP contribution in [0.15, 0.2) is 35.1 Å². The standard InChI is InChI=1S/C21H23F3N6OS/c1-13-15-5-3-10-29(13)16-6-7-17(28-9-2-4-14(12-28)21(22,23)24)26-18(16)30(15)20(31)27-19-25-8-11-32-19/h6-8,11,14H,2-5,9-10,12H2,1H3,(H,25,27,31). The number of fused-ring (bicyclic) bond motifs is 3. The lowest BCUT2D eigenvalue weighted by Crippen LogP contribution is -2.45. The Morgan fingerprint density at radius 3 is 2.84 bits per heavy atom. The summed E-state index contributed by atoms with van der Waals surface area (Å²) in [5.74, 6) is -0.457. The number of allylic oxidation sites excluding steroid dienone is 2. The molecule has 3 aliphatic rings. The normalized spacial score (nSPS) is 21.0. The summed E-state index contributed by atoms with van der Waals surface area (Å²) in [5, 5.41) is 5.08. The van der Waals surface area contributed by atoms with E-state index in [2.05, 4.69) is 15.2 Å². The lowest BCUT2D eigenvalue weighted by Gasteiger charge is -2.43. The van der Waals surface area contributed by atoms with Crippen molar-refractivity contribution in [1.29, 1.82) is 0 Å². The van der Waals surface area contributed by atoms with E-state index in [4.69, 9.17) is 4.98 Å². The first kappa shape index (κ1) is 21.0. The molecule has 2 amide bonds. The summed E-state index contributed by atoms with van der Waals surface area (Å²) in [6.45, 7) is 3.18. The molecule has 2 aromatic rings. The number of hydrogen-bond donors (Lipinski definition) is 1. The Morgan fingerprint density at radius 2 is 2.09 bits per heavy atom. The molecule has 32 heavy (non-hydrogen) atoms. The molecular weight excluding hydrogens is 441 g/mol. The summed E-state index contributed by atoms with van der Waals surface area (Å²) in [5.41, 5.74) is 2.63. The molecule has 1 fully saturated rings. The topological polar surface area (TPSA) is 64.6 Å². The molecule has 0 aliphatic carbocycles. The molecule has 1 atom stereocenters. The van der Waals surface area contributed by atoms with E-state index in [1.54, 1.807) is 27.4 Å². The predicted molar refractivity (Wildman–Crippen MR) is 118 cm³/mol. The molecule has 2 bridgehead atoms. The van der Waals surface area contributed by atoms with E-state index < -0.39 is 12.1 Å². The fourth-order valence-electron chi connectivity index (χ4n) is 4.70. The van der Waals surface area contributed by atoms with Gasteiger partial charge in [0.1, 0.15) is 5.82 Å². The number of alkyl halides is 3. The Morgan fingerprint density at radius 1 is 1.25 bits per heavy atom. The average molecular weight is 465 g/mol. The number of hydrogen-bond acceptors (Lipinski definition) is 6. The number of carbonyl (C=O) groups is 1. The monoisotopic (exact) mass is 464 g/mol. The van der Waals surface area contributed by atoms with Crippen LogP contribution in [0.2, 0.25) is 0 Å². The van der Waals surface area contributed by atoms with Gasteiger partial charge in [0.25, 0.3) is 0 Å². The summed E-state index contributed by atoms with van der Waals surface area (Å²) in [4.78, 5) is 27.5. The molecule has 1 saturated heterocycles. The van der Waals surface area contributed by atoms with Crippen LogP contribution in [0.1, 0.15) is 32.6 Å². The maximum absolute atomic E-state index is 13.3. The second-order valence-corrected chi connectivity index (χ2v) is 9.12. The maximum Gasteiger partial charge on any atom is 0.393 e. The Bertz CT molecular complexity index is 1050. The van der Waals surface area contributed by atoms with Gasteiger partial charge in [-0.05, 0) is 44.7 Å². The van der Waals surface area contributed by atoms with Gasteiger partial charge in [0.15, 0.2) is 10.9 Å². The Balaban J connectivity index is 1.51. The zero-order valence-corrected chi connectivity index (χ0v) is 18.3. The smallest absolute Gasteiger partial charge is 0.356 e. The van der Waals surface area contributed by atoms with Crippen LogP contribution in [0.4, 0.5) is 40.4 Å². The van der Waals surface area contributed by atoms with Gasteiger partial charge in [-0.25, -0.2) is 19.7 Å². The average Bonchev–Trinajstić information content (AvgIpc) is 3.26. The molecule has 0 saturated carbocycles. The number of nitrogens with one attached hydrogen (secondary N) is 1. The summed E-state index contributed by atoms with van der Waals surface area (Å²) in [6.07, 6.45) is -0.411. The number of thiazole rings is 1. The summed E-state index contributed by atoms with van der Waals surface area (Å²) in [6, 6.07) is 3.26. The second kappa shape index (κ2) is 7.95. The van der Waals surface area contributed by atoms with E-state index >= 15 is 0 Å². The molecule has 5 heterocycles. The van der Waals surface area contributed by atoms with Crippen molar-refractivity contribution in [2.24, 2.45) is 5.92 Å². The van der Waals surface area contributed by atoms with Crippen LogP contribution in [0, 0.1) is 5.92 Å². The number of nitrogens with zero attached hydrogens (tertiary/aromatic N) is 5. The minimum atomic E-state index is -4.23. The highest BCUT2D eigenvalue weighted by Crippen LogP contribution is 2.44. The number of pyridine rings is 1. The van der Waals surface area contributed by atoms with Gasteiger partial charge in [0.05, 0.1) is 11.6 Å². The predicted octanol–water partition coefficient (Wildman–Crippen LogP) is 5.20. The summed E-state index contributed by atoms with van der Waals surface area (Å²) >= 11 is 1.32. The third kappa shape index (κ3) is 3.68. The fraction of sp³-hybridized carbons (Fsp3) is 0.476. The molecule has 5 rings (SSSR count). The van der Waals surface area contributed by atoms with Crippen LogP contribution in [0.5, 0.6) is 0 Å². The van der Waals surface area contributed by atoms with Gasteiger partial charge in [0.2, 0.25) is 0 Å². The number of piperidine rings is 1. The highest BCUT2D eigenvalue weighted by Gasteiger charge is 2.42. The van der Waals surface area contributed by atoms with Gasteiger partial charge in [0, 0.05) is 42.6 Å². The Labute approximate surface area is 187 Å². The maximum atomic E-state index is 13.3. The van der Waals surface area contributed by atoms with E-state index in [1.807, 2.05) is 13.0 Å². The minimum Gasteiger partial charge on any atom is -0.356 e. The van der Waals surface area contributed by atoms with Crippen molar-refractivity contribution in [2.75, 3.05) is 39.7 Å². The lowest BCUT2D eigenvalue weighted by atomic mass is 9.97. The van der Waals surface area contributed by atoms with Crippen molar-refractivity contribution in [3.63, 3.8) is 0 Å². The minimum absolute atomic E-state index is 0.119. The molecule has 2 aromatic heterocycles. The van der Waals surface area contributed by atoms with Gasteiger partial charge >= 0.3 is 12.2 Å². The summed E-state index contributed by atoms with van der Waals surface area (Å²) in [7, 11) is 0. The molecule has 0 aromatic carbocycles. The number of amides is 2. The fourth-order valence-corrected chi connectivity index (χ4v) is 5.22. The summed E-state index contributed by atoms with van der Waals surface area (Å²) < 4.78 is 40.0. The van der Waals surface area contributed by atoms with E-state index in [0.29, 0.717) is 29.7 Å². The van der Waals surface area contributed by atoms with Crippen LogP contribution in [0.25, 0.3) is 0 Å². The third-order valence-electron chi connectivity index (χ3n) is 6.29. The van der Waals surface area contributed by atoms with Crippen LogP contribution in [-0.4, -0.2) is 41.8 Å². The van der Waals surface area contributed by atoms with E-state index in [-0.39, 0.29) is 19.0 Å². The van der Waals surface area contributed by atoms with E-state index in [9.17, 15) is 18.0 Å². The first-order valence-corrected chi connectivity index (χ1v) is 11.5. The second-order valence-electron chi connectivity index (χ2n) is 8.23. The molecule has 11 heteroatoms. The molecule has 1 N–H and O–H groups in total. The van der Waals surface area contributed by atoms with Crippen molar-refractivity contribution in [2.45, 2.75) is 38.8 Å².